The molecule has 0 aromatic heterocycles. The second-order valence-electron chi connectivity index (χ2n) is 4.63. The van der Waals surface area contributed by atoms with Gasteiger partial charge in [-0.15, -0.1) is 0 Å². The lowest BCUT2D eigenvalue weighted by Crippen LogP contribution is -2.33. The summed E-state index contributed by atoms with van der Waals surface area (Å²) in [4.78, 5) is 35.7. The van der Waals surface area contributed by atoms with E-state index in [0.29, 0.717) is 17.8 Å². The zero-order valence-corrected chi connectivity index (χ0v) is 11.4. The summed E-state index contributed by atoms with van der Waals surface area (Å²) in [5.41, 5.74) is 0.982. The van der Waals surface area contributed by atoms with Gasteiger partial charge in [-0.05, 0) is 24.3 Å². The van der Waals surface area contributed by atoms with E-state index in [0.717, 1.165) is 0 Å². The maximum atomic E-state index is 11.8. The Morgan fingerprint density at radius 3 is 2.52 bits per heavy atom. The predicted octanol–water partition coefficient (Wildman–Crippen LogP) is 0.109. The van der Waals surface area contributed by atoms with Crippen LogP contribution in [-0.2, 0) is 9.59 Å². The highest BCUT2D eigenvalue weighted by Crippen LogP contribution is 2.15. The van der Waals surface area contributed by atoms with Crippen LogP contribution in [0.5, 0.6) is 0 Å². The van der Waals surface area contributed by atoms with Crippen molar-refractivity contribution in [2.75, 3.05) is 18.4 Å². The first-order valence-electron chi connectivity index (χ1n) is 6.36. The van der Waals surface area contributed by atoms with Crippen LogP contribution in [0.4, 0.5) is 5.69 Å². The molecule has 1 unspecified atom stereocenters. The van der Waals surface area contributed by atoms with E-state index in [1.165, 1.54) is 11.8 Å². The number of nitrogens with zero attached hydrogens (tertiary/aromatic N) is 2. The van der Waals surface area contributed by atoms with Gasteiger partial charge in [0, 0.05) is 18.2 Å². The van der Waals surface area contributed by atoms with Gasteiger partial charge in [0.25, 0.3) is 5.91 Å². The predicted molar refractivity (Wildman–Crippen MR) is 74.2 cm³/mol. The number of hydrogen-bond donors (Lipinski definition) is 2. The minimum absolute atomic E-state index is 0.134. The van der Waals surface area contributed by atoms with Crippen molar-refractivity contribution >= 4 is 23.4 Å². The number of carbonyl (C=O) groups excluding carboxylic acids is 3. The maximum Gasteiger partial charge on any atom is 0.251 e. The lowest BCUT2D eigenvalue weighted by molar-refractivity contribution is -0.125. The van der Waals surface area contributed by atoms with Gasteiger partial charge in [-0.25, -0.2) is 0 Å². The van der Waals surface area contributed by atoms with Gasteiger partial charge in [0.05, 0.1) is 19.2 Å². The third-order valence-corrected chi connectivity index (χ3v) is 2.95. The summed E-state index contributed by atoms with van der Waals surface area (Å²) in [6.07, 6.45) is 0. The van der Waals surface area contributed by atoms with Crippen molar-refractivity contribution in [3.8, 4) is 6.07 Å². The quantitative estimate of drug-likeness (QED) is 0.767. The molecule has 7 nitrogen and oxygen atoms in total. The van der Waals surface area contributed by atoms with Crippen LogP contribution in [0.15, 0.2) is 24.3 Å². The molecular weight excluding hydrogens is 272 g/mol. The van der Waals surface area contributed by atoms with Crippen LogP contribution in [0.25, 0.3) is 0 Å². The first-order chi connectivity index (χ1) is 10.0. The number of amides is 3. The van der Waals surface area contributed by atoms with Crippen LogP contribution < -0.4 is 10.6 Å². The minimum Gasteiger partial charge on any atom is -0.343 e. The van der Waals surface area contributed by atoms with Gasteiger partial charge in [-0.1, -0.05) is 0 Å². The molecule has 1 atom stereocenters. The minimum atomic E-state index is -0.381. The van der Waals surface area contributed by atoms with E-state index < -0.39 is 0 Å². The number of carbonyl (C=O) groups is 3. The second-order valence-corrected chi connectivity index (χ2v) is 4.63. The molecule has 21 heavy (non-hydrogen) atoms. The number of hydrogen-bond acceptors (Lipinski definition) is 4. The molecule has 108 valence electrons. The summed E-state index contributed by atoms with van der Waals surface area (Å²) in [5.74, 6) is -0.846. The molecule has 0 radical (unpaired) electrons. The number of benzene rings is 1. The van der Waals surface area contributed by atoms with Crippen LogP contribution in [0, 0.1) is 11.3 Å². The van der Waals surface area contributed by atoms with Gasteiger partial charge in [0.2, 0.25) is 11.8 Å². The highest BCUT2D eigenvalue weighted by molar-refractivity contribution is 5.97. The molecule has 1 heterocycles. The first-order valence-corrected chi connectivity index (χ1v) is 6.36. The van der Waals surface area contributed by atoms with Gasteiger partial charge < -0.3 is 15.5 Å². The third kappa shape index (κ3) is 3.79. The molecule has 1 saturated heterocycles. The lowest BCUT2D eigenvalue weighted by Gasteiger charge is -2.06. The molecular formula is C14H14N4O3. The SMILES string of the molecule is CC(=O)Nc1ccc(C(=O)NCC(=O)N2CC2C#N)cc1. The smallest absolute Gasteiger partial charge is 0.251 e. The molecule has 0 saturated carbocycles. The fourth-order valence-corrected chi connectivity index (χ4v) is 1.79. The summed E-state index contributed by atoms with van der Waals surface area (Å²) in [6, 6.07) is 7.94. The highest BCUT2D eigenvalue weighted by atomic mass is 16.2. The zero-order chi connectivity index (χ0) is 15.4. The van der Waals surface area contributed by atoms with Crippen molar-refractivity contribution in [3.63, 3.8) is 0 Å². The largest absolute Gasteiger partial charge is 0.343 e. The van der Waals surface area contributed by atoms with Crippen LogP contribution >= 0.6 is 0 Å². The van der Waals surface area contributed by atoms with E-state index in [-0.39, 0.29) is 30.3 Å². The monoisotopic (exact) mass is 286 g/mol. The van der Waals surface area contributed by atoms with Crippen LogP contribution in [0.2, 0.25) is 0 Å². The summed E-state index contributed by atoms with van der Waals surface area (Å²) < 4.78 is 0. The van der Waals surface area contributed by atoms with E-state index in [4.69, 9.17) is 5.26 Å². The normalized spacial score (nSPS) is 15.8. The maximum absolute atomic E-state index is 11.8. The molecule has 2 rings (SSSR count). The Bertz CT molecular complexity index is 618. The molecule has 0 bridgehead atoms. The lowest BCUT2D eigenvalue weighted by atomic mass is 10.2. The van der Waals surface area contributed by atoms with Crippen molar-refractivity contribution in [2.24, 2.45) is 0 Å². The molecule has 0 spiro atoms. The molecule has 0 aliphatic carbocycles. The Morgan fingerprint density at radius 2 is 2.00 bits per heavy atom. The molecule has 1 fully saturated rings. The zero-order valence-electron chi connectivity index (χ0n) is 11.4. The van der Waals surface area contributed by atoms with E-state index >= 15 is 0 Å². The standard InChI is InChI=1S/C14H14N4O3/c1-9(19)17-11-4-2-10(3-5-11)14(21)16-7-13(20)18-8-12(18)6-15/h2-5,12H,7-8H2,1H3,(H,16,21)(H,17,19). The number of nitriles is 1. The summed E-state index contributed by atoms with van der Waals surface area (Å²) in [7, 11) is 0. The van der Waals surface area contributed by atoms with Crippen LogP contribution in [0.1, 0.15) is 17.3 Å². The van der Waals surface area contributed by atoms with Gasteiger partial charge in [0.1, 0.15) is 6.04 Å². The Balaban J connectivity index is 1.84. The fraction of sp³-hybridized carbons (Fsp3) is 0.286. The Morgan fingerprint density at radius 1 is 1.33 bits per heavy atom. The van der Waals surface area contributed by atoms with Gasteiger partial charge >= 0.3 is 0 Å². The average molecular weight is 286 g/mol. The van der Waals surface area contributed by atoms with Crippen LogP contribution in [-0.4, -0.2) is 41.8 Å². The molecule has 3 amide bonds. The number of anilines is 1. The van der Waals surface area contributed by atoms with E-state index in [2.05, 4.69) is 10.6 Å². The van der Waals surface area contributed by atoms with Gasteiger partial charge in [-0.2, -0.15) is 5.26 Å². The van der Waals surface area contributed by atoms with E-state index in [1.54, 1.807) is 24.3 Å². The molecule has 1 aromatic carbocycles. The summed E-state index contributed by atoms with van der Waals surface area (Å²) in [5, 5.41) is 13.7. The fourth-order valence-electron chi connectivity index (χ4n) is 1.79. The van der Waals surface area contributed by atoms with Crippen LogP contribution in [0.3, 0.4) is 0 Å². The topological polar surface area (TPSA) is 102 Å². The van der Waals surface area contributed by atoms with E-state index in [9.17, 15) is 14.4 Å². The van der Waals surface area contributed by atoms with Gasteiger partial charge in [0.15, 0.2) is 0 Å². The van der Waals surface area contributed by atoms with E-state index in [1.807, 2.05) is 6.07 Å². The first kappa shape index (κ1) is 14.5. The van der Waals surface area contributed by atoms with Crippen molar-refractivity contribution in [3.05, 3.63) is 29.8 Å². The summed E-state index contributed by atoms with van der Waals surface area (Å²) in [6.45, 7) is 1.69. The molecule has 7 heteroatoms. The molecule has 1 aromatic rings. The summed E-state index contributed by atoms with van der Waals surface area (Å²) >= 11 is 0. The number of nitrogens with one attached hydrogen (secondary N) is 2. The Labute approximate surface area is 121 Å². The molecule has 2 N–H and O–H groups in total. The number of rotatable bonds is 4. The molecule has 1 aliphatic rings. The Hall–Kier alpha value is -2.88. The van der Waals surface area contributed by atoms with Crippen molar-refractivity contribution in [2.45, 2.75) is 13.0 Å². The second kappa shape index (κ2) is 6.05. The highest BCUT2D eigenvalue weighted by Gasteiger charge is 2.38. The van der Waals surface area contributed by atoms with Crippen molar-refractivity contribution in [1.82, 2.24) is 10.2 Å². The van der Waals surface area contributed by atoms with Crippen molar-refractivity contribution < 1.29 is 14.4 Å². The average Bonchev–Trinajstić information content (AvgIpc) is 3.24. The third-order valence-electron chi connectivity index (χ3n) is 2.95. The molecule has 1 aliphatic heterocycles. The Kier molecular flexibility index (Phi) is 4.18. The van der Waals surface area contributed by atoms with Gasteiger partial charge in [-0.3, -0.25) is 14.4 Å². The van der Waals surface area contributed by atoms with Crippen molar-refractivity contribution in [1.29, 1.82) is 5.26 Å².